The van der Waals surface area contributed by atoms with Gasteiger partial charge in [0.05, 0.1) is 23.7 Å². The number of rotatable bonds is 7. The molecule has 1 aromatic rings. The number of amides is 1. The van der Waals surface area contributed by atoms with Gasteiger partial charge in [0.15, 0.2) is 0 Å². The average Bonchev–Trinajstić information content (AvgIpc) is 2.74. The summed E-state index contributed by atoms with van der Waals surface area (Å²) in [6.45, 7) is 2.45. The molecule has 1 heterocycles. The first-order valence-electron chi connectivity index (χ1n) is 9.74. The average molecular weight is 425 g/mol. The van der Waals surface area contributed by atoms with E-state index in [1.54, 1.807) is 17.0 Å². The van der Waals surface area contributed by atoms with Crippen LogP contribution in [-0.4, -0.2) is 58.3 Å². The summed E-state index contributed by atoms with van der Waals surface area (Å²) in [7, 11) is -3.65. The van der Waals surface area contributed by atoms with Gasteiger partial charge in [-0.15, -0.1) is 11.8 Å². The predicted molar refractivity (Wildman–Crippen MR) is 111 cm³/mol. The van der Waals surface area contributed by atoms with Gasteiger partial charge in [-0.25, -0.2) is 13.1 Å². The van der Waals surface area contributed by atoms with Gasteiger partial charge < -0.3 is 9.64 Å². The van der Waals surface area contributed by atoms with Crippen molar-refractivity contribution in [2.75, 3.05) is 39.1 Å². The fourth-order valence-corrected chi connectivity index (χ4v) is 5.15. The van der Waals surface area contributed by atoms with E-state index in [9.17, 15) is 13.2 Å². The Balaban J connectivity index is 1.73. The lowest BCUT2D eigenvalue weighted by atomic mass is 9.97. The van der Waals surface area contributed by atoms with Gasteiger partial charge in [-0.2, -0.15) is 0 Å². The molecular weight excluding hydrogens is 396 g/mol. The van der Waals surface area contributed by atoms with E-state index < -0.39 is 10.0 Å². The Labute approximate surface area is 171 Å². The monoisotopic (exact) mass is 424 g/mol. The molecule has 0 aromatic heterocycles. The lowest BCUT2D eigenvalue weighted by Crippen LogP contribution is -2.41. The second kappa shape index (κ2) is 9.91. The number of carbonyl (C=O) groups excluding carboxylic acids is 1. The molecule has 1 amide bonds. The molecule has 1 aromatic carbocycles. The molecule has 0 saturated carbocycles. The first-order chi connectivity index (χ1) is 13.5. The highest BCUT2D eigenvalue weighted by atomic mass is 32.2. The van der Waals surface area contributed by atoms with Gasteiger partial charge >= 0.3 is 0 Å². The molecular formula is C20H28N2O4S2. The Morgan fingerprint density at radius 2 is 2.04 bits per heavy atom. The lowest BCUT2D eigenvalue weighted by Gasteiger charge is -2.27. The summed E-state index contributed by atoms with van der Waals surface area (Å²) < 4.78 is 33.5. The number of benzene rings is 1. The number of morpholine rings is 1. The second-order valence-corrected chi connectivity index (χ2v) is 9.64. The van der Waals surface area contributed by atoms with E-state index in [4.69, 9.17) is 4.74 Å². The van der Waals surface area contributed by atoms with E-state index in [0.29, 0.717) is 38.4 Å². The first kappa shape index (κ1) is 21.4. The number of hydrogen-bond acceptors (Lipinski definition) is 5. The van der Waals surface area contributed by atoms with Crippen LogP contribution in [0.2, 0.25) is 0 Å². The van der Waals surface area contributed by atoms with Crippen molar-refractivity contribution in [1.82, 2.24) is 9.62 Å². The normalized spacial score (nSPS) is 18.0. The zero-order chi connectivity index (χ0) is 20.0. The summed E-state index contributed by atoms with van der Waals surface area (Å²) in [5.41, 5.74) is 1.77. The molecule has 2 aliphatic rings. The number of carbonyl (C=O) groups is 1. The molecule has 28 heavy (non-hydrogen) atoms. The van der Waals surface area contributed by atoms with Crippen LogP contribution >= 0.6 is 11.8 Å². The number of nitrogens with zero attached hydrogens (tertiary/aromatic N) is 1. The quantitative estimate of drug-likeness (QED) is 0.538. The third-order valence-corrected chi connectivity index (χ3v) is 7.39. The molecule has 0 unspecified atom stereocenters. The molecule has 1 aliphatic carbocycles. The van der Waals surface area contributed by atoms with Gasteiger partial charge in [0, 0.05) is 24.5 Å². The molecule has 0 bridgehead atoms. The highest BCUT2D eigenvalue weighted by Gasteiger charge is 2.24. The van der Waals surface area contributed by atoms with E-state index in [0.717, 1.165) is 24.2 Å². The summed E-state index contributed by atoms with van der Waals surface area (Å²) in [5.74, 6) is -0.142. The van der Waals surface area contributed by atoms with E-state index in [2.05, 4.69) is 10.8 Å². The van der Waals surface area contributed by atoms with Crippen LogP contribution in [0.4, 0.5) is 0 Å². The van der Waals surface area contributed by atoms with Crippen LogP contribution < -0.4 is 4.72 Å². The zero-order valence-corrected chi connectivity index (χ0v) is 17.9. The third-order valence-electron chi connectivity index (χ3n) is 5.13. The summed E-state index contributed by atoms with van der Waals surface area (Å²) in [6, 6.07) is 4.80. The van der Waals surface area contributed by atoms with Crippen LogP contribution in [0.1, 0.15) is 42.5 Å². The molecule has 3 rings (SSSR count). The summed E-state index contributed by atoms with van der Waals surface area (Å²) >= 11 is 1.44. The number of allylic oxidation sites excluding steroid dienone is 1. The van der Waals surface area contributed by atoms with Crippen LogP contribution in [0.25, 0.3) is 0 Å². The third kappa shape index (κ3) is 5.37. The lowest BCUT2D eigenvalue weighted by molar-refractivity contribution is 0.0300. The van der Waals surface area contributed by atoms with Crippen LogP contribution in [0.15, 0.2) is 39.6 Å². The Morgan fingerprint density at radius 1 is 1.25 bits per heavy atom. The summed E-state index contributed by atoms with van der Waals surface area (Å²) in [4.78, 5) is 15.6. The van der Waals surface area contributed by atoms with Gasteiger partial charge in [-0.05, 0) is 56.6 Å². The highest BCUT2D eigenvalue weighted by molar-refractivity contribution is 7.98. The van der Waals surface area contributed by atoms with Crippen LogP contribution in [-0.2, 0) is 14.8 Å². The van der Waals surface area contributed by atoms with Crippen LogP contribution in [0, 0.1) is 0 Å². The summed E-state index contributed by atoms with van der Waals surface area (Å²) in [6.07, 6.45) is 9.40. The molecule has 1 saturated heterocycles. The topological polar surface area (TPSA) is 75.7 Å². The largest absolute Gasteiger partial charge is 0.378 e. The van der Waals surface area contributed by atoms with E-state index in [-0.39, 0.29) is 10.8 Å². The van der Waals surface area contributed by atoms with Crippen molar-refractivity contribution < 1.29 is 17.9 Å². The highest BCUT2D eigenvalue weighted by Crippen LogP contribution is 2.26. The van der Waals surface area contributed by atoms with Crippen molar-refractivity contribution in [3.8, 4) is 0 Å². The maximum absolute atomic E-state index is 12.9. The van der Waals surface area contributed by atoms with Crippen LogP contribution in [0.5, 0.6) is 0 Å². The van der Waals surface area contributed by atoms with Crippen molar-refractivity contribution in [3.63, 3.8) is 0 Å². The second-order valence-electron chi connectivity index (χ2n) is 7.02. The Bertz CT molecular complexity index is 831. The maximum Gasteiger partial charge on any atom is 0.255 e. The Kier molecular flexibility index (Phi) is 7.56. The summed E-state index contributed by atoms with van der Waals surface area (Å²) in [5, 5.41) is 0. The standard InChI is InChI=1S/C20H28N2O4S2/c1-27-19-8-7-17(15-18(19)20(23)22-11-13-26-14-12-22)28(24,25)21-10-9-16-5-3-2-4-6-16/h5,7-8,15,21H,2-4,6,9-14H2,1H3. The predicted octanol–water partition coefficient (Wildman–Crippen LogP) is 3.05. The molecule has 0 spiro atoms. The minimum atomic E-state index is -3.65. The van der Waals surface area contributed by atoms with Crippen molar-refractivity contribution in [2.24, 2.45) is 0 Å². The molecule has 6 nitrogen and oxygen atoms in total. The SMILES string of the molecule is CSc1ccc(S(=O)(=O)NCCC2=CCCCC2)cc1C(=O)N1CCOCC1. The van der Waals surface area contributed by atoms with Gasteiger partial charge in [-0.3, -0.25) is 4.79 Å². The molecule has 1 N–H and O–H groups in total. The fraction of sp³-hybridized carbons (Fsp3) is 0.550. The fourth-order valence-electron chi connectivity index (χ4n) is 3.52. The number of ether oxygens (including phenoxy) is 1. The molecule has 154 valence electrons. The first-order valence-corrected chi connectivity index (χ1v) is 12.4. The van der Waals surface area contributed by atoms with E-state index >= 15 is 0 Å². The Morgan fingerprint density at radius 3 is 2.71 bits per heavy atom. The molecule has 1 aliphatic heterocycles. The van der Waals surface area contributed by atoms with Crippen LogP contribution in [0.3, 0.4) is 0 Å². The Hall–Kier alpha value is -1.35. The van der Waals surface area contributed by atoms with Crippen molar-refractivity contribution in [1.29, 1.82) is 0 Å². The van der Waals surface area contributed by atoms with Crippen molar-refractivity contribution in [3.05, 3.63) is 35.4 Å². The smallest absolute Gasteiger partial charge is 0.255 e. The van der Waals surface area contributed by atoms with Gasteiger partial charge in [0.2, 0.25) is 10.0 Å². The number of sulfonamides is 1. The minimum absolute atomic E-state index is 0.138. The minimum Gasteiger partial charge on any atom is -0.378 e. The molecule has 1 fully saturated rings. The molecule has 0 radical (unpaired) electrons. The van der Waals surface area contributed by atoms with Gasteiger partial charge in [0.1, 0.15) is 0 Å². The van der Waals surface area contributed by atoms with Crippen molar-refractivity contribution in [2.45, 2.75) is 41.9 Å². The molecule has 0 atom stereocenters. The van der Waals surface area contributed by atoms with Gasteiger partial charge in [0.25, 0.3) is 5.91 Å². The van der Waals surface area contributed by atoms with Gasteiger partial charge in [-0.1, -0.05) is 11.6 Å². The number of nitrogens with one attached hydrogen (secondary N) is 1. The zero-order valence-electron chi connectivity index (χ0n) is 16.3. The van der Waals surface area contributed by atoms with Crippen molar-refractivity contribution >= 4 is 27.7 Å². The number of thioether (sulfide) groups is 1. The maximum atomic E-state index is 12.9. The molecule has 8 heteroatoms. The van der Waals surface area contributed by atoms with E-state index in [1.807, 2.05) is 6.26 Å². The number of hydrogen-bond donors (Lipinski definition) is 1. The van der Waals surface area contributed by atoms with E-state index in [1.165, 1.54) is 36.2 Å².